The van der Waals surface area contributed by atoms with E-state index in [0.717, 1.165) is 0 Å². The normalized spacial score (nSPS) is 25.5. The van der Waals surface area contributed by atoms with Gasteiger partial charge in [0, 0.05) is 19.9 Å². The van der Waals surface area contributed by atoms with E-state index in [2.05, 4.69) is 5.32 Å². The molecular formula is C10H17N3O4. The number of primary amides is 1. The van der Waals surface area contributed by atoms with Crippen LogP contribution >= 0.6 is 0 Å². The zero-order chi connectivity index (χ0) is 13.2. The van der Waals surface area contributed by atoms with E-state index in [-0.39, 0.29) is 18.9 Å². The number of carbonyl (C=O) groups excluding carboxylic acids is 3. The first-order chi connectivity index (χ1) is 7.82. The summed E-state index contributed by atoms with van der Waals surface area (Å²) in [6.45, 7) is 2.89. The fourth-order valence-electron chi connectivity index (χ4n) is 1.94. The standard InChI is InChI=1S/C10H17N3O4/c1-5(12-6(2)14)10(17)13-4-7(15)3-8(13)9(11)16/h5,7-8,15H,3-4H2,1-2H3,(H2,11,16)(H,12,14). The summed E-state index contributed by atoms with van der Waals surface area (Å²) in [5, 5.41) is 11.9. The van der Waals surface area contributed by atoms with Crippen LogP contribution < -0.4 is 11.1 Å². The van der Waals surface area contributed by atoms with Gasteiger partial charge in [-0.2, -0.15) is 0 Å². The van der Waals surface area contributed by atoms with Gasteiger partial charge in [-0.25, -0.2) is 0 Å². The molecule has 1 rings (SSSR count). The highest BCUT2D eigenvalue weighted by atomic mass is 16.3. The Morgan fingerprint density at radius 1 is 1.47 bits per heavy atom. The van der Waals surface area contributed by atoms with E-state index in [1.54, 1.807) is 0 Å². The average molecular weight is 243 g/mol. The van der Waals surface area contributed by atoms with Crippen LogP contribution in [0.2, 0.25) is 0 Å². The number of hydrogen-bond acceptors (Lipinski definition) is 4. The first-order valence-electron chi connectivity index (χ1n) is 5.38. The predicted molar refractivity (Wildman–Crippen MR) is 58.6 cm³/mol. The summed E-state index contributed by atoms with van der Waals surface area (Å²) in [7, 11) is 0. The molecule has 0 aromatic heterocycles. The Kier molecular flexibility index (Phi) is 4.06. The fraction of sp³-hybridized carbons (Fsp3) is 0.700. The number of nitrogens with zero attached hydrogens (tertiary/aromatic N) is 1. The van der Waals surface area contributed by atoms with E-state index in [1.165, 1.54) is 18.7 Å². The molecule has 0 bridgehead atoms. The lowest BCUT2D eigenvalue weighted by atomic mass is 10.2. The van der Waals surface area contributed by atoms with Crippen LogP contribution in [0.5, 0.6) is 0 Å². The summed E-state index contributed by atoms with van der Waals surface area (Å²) in [6.07, 6.45) is -0.602. The Labute approximate surface area is 98.9 Å². The highest BCUT2D eigenvalue weighted by Gasteiger charge is 2.39. The zero-order valence-electron chi connectivity index (χ0n) is 9.84. The number of amides is 3. The molecule has 0 saturated carbocycles. The van der Waals surface area contributed by atoms with Crippen LogP contribution in [0.15, 0.2) is 0 Å². The van der Waals surface area contributed by atoms with Crippen molar-refractivity contribution in [2.75, 3.05) is 6.54 Å². The van der Waals surface area contributed by atoms with E-state index in [1.807, 2.05) is 0 Å². The molecule has 1 heterocycles. The maximum absolute atomic E-state index is 11.9. The summed E-state index contributed by atoms with van der Waals surface area (Å²) in [4.78, 5) is 35.1. The molecule has 96 valence electrons. The van der Waals surface area contributed by atoms with E-state index < -0.39 is 30.0 Å². The lowest BCUT2D eigenvalue weighted by Crippen LogP contribution is -2.51. The quantitative estimate of drug-likeness (QED) is 0.530. The van der Waals surface area contributed by atoms with Gasteiger partial charge >= 0.3 is 0 Å². The summed E-state index contributed by atoms with van der Waals surface area (Å²) in [5.41, 5.74) is 5.16. The lowest BCUT2D eigenvalue weighted by Gasteiger charge is -2.25. The maximum atomic E-state index is 11.9. The lowest BCUT2D eigenvalue weighted by molar-refractivity contribution is -0.140. The number of rotatable bonds is 3. The van der Waals surface area contributed by atoms with Gasteiger partial charge in [-0.15, -0.1) is 0 Å². The van der Waals surface area contributed by atoms with Gasteiger partial charge in [0.2, 0.25) is 17.7 Å². The van der Waals surface area contributed by atoms with Gasteiger partial charge in [0.05, 0.1) is 6.10 Å². The van der Waals surface area contributed by atoms with Crippen molar-refractivity contribution in [2.24, 2.45) is 5.73 Å². The van der Waals surface area contributed by atoms with E-state index in [9.17, 15) is 19.5 Å². The number of nitrogens with two attached hydrogens (primary N) is 1. The summed E-state index contributed by atoms with van der Waals surface area (Å²) < 4.78 is 0. The number of aliphatic hydroxyl groups is 1. The van der Waals surface area contributed by atoms with E-state index >= 15 is 0 Å². The van der Waals surface area contributed by atoms with Gasteiger partial charge in [-0.3, -0.25) is 14.4 Å². The average Bonchev–Trinajstić information content (AvgIpc) is 2.58. The monoisotopic (exact) mass is 243 g/mol. The molecule has 1 aliphatic rings. The van der Waals surface area contributed by atoms with E-state index in [4.69, 9.17) is 5.73 Å². The van der Waals surface area contributed by atoms with Crippen molar-refractivity contribution in [1.29, 1.82) is 0 Å². The second kappa shape index (κ2) is 5.13. The molecule has 7 heteroatoms. The predicted octanol–water partition coefficient (Wildman–Crippen LogP) is -2.04. The Balaban J connectivity index is 2.73. The largest absolute Gasteiger partial charge is 0.391 e. The number of hydrogen-bond donors (Lipinski definition) is 3. The van der Waals surface area contributed by atoms with Crippen LogP contribution in [0.25, 0.3) is 0 Å². The summed E-state index contributed by atoms with van der Waals surface area (Å²) in [5.74, 6) is -1.40. The number of carbonyl (C=O) groups is 3. The van der Waals surface area contributed by atoms with Crippen molar-refractivity contribution in [1.82, 2.24) is 10.2 Å². The van der Waals surface area contributed by atoms with Gasteiger partial charge < -0.3 is 21.1 Å². The molecule has 0 aromatic rings. The zero-order valence-corrected chi connectivity index (χ0v) is 9.84. The van der Waals surface area contributed by atoms with Gasteiger partial charge in [0.1, 0.15) is 12.1 Å². The molecule has 1 fully saturated rings. The van der Waals surface area contributed by atoms with Gasteiger partial charge in [0.15, 0.2) is 0 Å². The minimum Gasteiger partial charge on any atom is -0.391 e. The van der Waals surface area contributed by atoms with Gasteiger partial charge in [-0.05, 0) is 6.92 Å². The van der Waals surface area contributed by atoms with Gasteiger partial charge in [0.25, 0.3) is 0 Å². The minimum absolute atomic E-state index is 0.0658. The topological polar surface area (TPSA) is 113 Å². The summed E-state index contributed by atoms with van der Waals surface area (Å²) >= 11 is 0. The van der Waals surface area contributed by atoms with Crippen molar-refractivity contribution in [3.63, 3.8) is 0 Å². The molecule has 3 amide bonds. The molecule has 0 radical (unpaired) electrons. The molecule has 4 N–H and O–H groups in total. The molecule has 3 atom stereocenters. The molecule has 0 aliphatic carbocycles. The van der Waals surface area contributed by atoms with Crippen molar-refractivity contribution in [3.05, 3.63) is 0 Å². The Bertz CT molecular complexity index is 344. The first kappa shape index (κ1) is 13.4. The third-order valence-electron chi connectivity index (χ3n) is 2.68. The number of nitrogens with one attached hydrogen (secondary N) is 1. The number of β-amino-alcohol motifs (C(OH)–C–C–N with tert-alkyl or cyclic N) is 1. The fourth-order valence-corrected chi connectivity index (χ4v) is 1.94. The number of aliphatic hydroxyl groups excluding tert-OH is 1. The first-order valence-corrected chi connectivity index (χ1v) is 5.38. The van der Waals surface area contributed by atoms with Crippen molar-refractivity contribution >= 4 is 17.7 Å². The van der Waals surface area contributed by atoms with Crippen molar-refractivity contribution in [3.8, 4) is 0 Å². The molecule has 1 saturated heterocycles. The third-order valence-corrected chi connectivity index (χ3v) is 2.68. The SMILES string of the molecule is CC(=O)NC(C)C(=O)N1CC(O)CC1C(N)=O. The highest BCUT2D eigenvalue weighted by molar-refractivity contribution is 5.91. The molecule has 0 aromatic carbocycles. The molecule has 0 spiro atoms. The highest BCUT2D eigenvalue weighted by Crippen LogP contribution is 2.18. The minimum atomic E-state index is -0.797. The maximum Gasteiger partial charge on any atom is 0.245 e. The van der Waals surface area contributed by atoms with E-state index in [0.29, 0.717) is 0 Å². The van der Waals surface area contributed by atoms with Crippen LogP contribution in [-0.2, 0) is 14.4 Å². The number of likely N-dealkylation sites (tertiary alicyclic amines) is 1. The molecule has 3 unspecified atom stereocenters. The van der Waals surface area contributed by atoms with Crippen molar-refractivity contribution < 1.29 is 19.5 Å². The van der Waals surface area contributed by atoms with Crippen LogP contribution in [0.3, 0.4) is 0 Å². The smallest absolute Gasteiger partial charge is 0.245 e. The third kappa shape index (κ3) is 3.16. The Morgan fingerprint density at radius 3 is 2.53 bits per heavy atom. The summed E-state index contributed by atoms with van der Waals surface area (Å²) in [6, 6.07) is -1.53. The Hall–Kier alpha value is -1.63. The van der Waals surface area contributed by atoms with Crippen LogP contribution in [-0.4, -0.2) is 52.5 Å². The molecule has 7 nitrogen and oxygen atoms in total. The van der Waals surface area contributed by atoms with Crippen LogP contribution in [0.1, 0.15) is 20.3 Å². The second-order valence-corrected chi connectivity index (χ2v) is 4.22. The Morgan fingerprint density at radius 2 is 2.06 bits per heavy atom. The molecule has 1 aliphatic heterocycles. The van der Waals surface area contributed by atoms with Crippen LogP contribution in [0.4, 0.5) is 0 Å². The molecular weight excluding hydrogens is 226 g/mol. The van der Waals surface area contributed by atoms with Gasteiger partial charge in [-0.1, -0.05) is 0 Å². The second-order valence-electron chi connectivity index (χ2n) is 4.22. The van der Waals surface area contributed by atoms with Crippen molar-refractivity contribution in [2.45, 2.75) is 38.5 Å². The van der Waals surface area contributed by atoms with Crippen LogP contribution in [0, 0.1) is 0 Å². The molecule has 17 heavy (non-hydrogen) atoms.